The fraction of sp³-hybridized carbons (Fsp3) is 0.952. The molecule has 0 aromatic carbocycles. The SMILES string of the molecule is CC(C)(C)COCCC(=O)N1CCC(OC2CC(OC(C)(C)C)C2)CC1. The van der Waals surface area contributed by atoms with Crippen molar-refractivity contribution in [2.24, 2.45) is 5.41 Å². The Balaban J connectivity index is 1.56. The van der Waals surface area contributed by atoms with E-state index in [1.165, 1.54) is 0 Å². The number of hydrogen-bond donors (Lipinski definition) is 0. The summed E-state index contributed by atoms with van der Waals surface area (Å²) in [6.07, 6.45) is 5.33. The van der Waals surface area contributed by atoms with Crippen LogP contribution in [0.2, 0.25) is 0 Å². The number of piperidine rings is 1. The summed E-state index contributed by atoms with van der Waals surface area (Å²) in [7, 11) is 0. The zero-order valence-electron chi connectivity index (χ0n) is 17.7. The molecule has 0 bridgehead atoms. The van der Waals surface area contributed by atoms with Crippen LogP contribution in [0.1, 0.15) is 73.6 Å². The Labute approximate surface area is 159 Å². The zero-order valence-corrected chi connectivity index (χ0v) is 17.7. The maximum absolute atomic E-state index is 12.3. The van der Waals surface area contributed by atoms with Gasteiger partial charge in [-0.25, -0.2) is 0 Å². The monoisotopic (exact) mass is 369 g/mol. The predicted octanol–water partition coefficient (Wildman–Crippen LogP) is 3.79. The minimum absolute atomic E-state index is 0.0715. The van der Waals surface area contributed by atoms with Crippen molar-refractivity contribution in [1.29, 1.82) is 0 Å². The lowest BCUT2D eigenvalue weighted by atomic mass is 9.90. The number of rotatable bonds is 7. The highest BCUT2D eigenvalue weighted by atomic mass is 16.5. The summed E-state index contributed by atoms with van der Waals surface area (Å²) in [6, 6.07) is 0. The Hall–Kier alpha value is -0.650. The second kappa shape index (κ2) is 9.03. The first-order valence-electron chi connectivity index (χ1n) is 10.2. The van der Waals surface area contributed by atoms with Gasteiger partial charge in [-0.2, -0.15) is 0 Å². The average Bonchev–Trinajstić information content (AvgIpc) is 2.48. The molecule has 1 heterocycles. The summed E-state index contributed by atoms with van der Waals surface area (Å²) in [5.74, 6) is 0.208. The third kappa shape index (κ3) is 7.93. The van der Waals surface area contributed by atoms with Crippen molar-refractivity contribution in [2.75, 3.05) is 26.3 Å². The molecule has 0 unspecified atom stereocenters. The molecule has 1 amide bonds. The van der Waals surface area contributed by atoms with Crippen LogP contribution in [-0.2, 0) is 19.0 Å². The molecule has 1 aliphatic carbocycles. The van der Waals surface area contributed by atoms with Crippen molar-refractivity contribution >= 4 is 5.91 Å². The molecule has 2 aliphatic rings. The number of likely N-dealkylation sites (tertiary alicyclic amines) is 1. The Bertz CT molecular complexity index is 438. The van der Waals surface area contributed by atoms with E-state index in [1.807, 2.05) is 4.90 Å². The molecule has 152 valence electrons. The lowest BCUT2D eigenvalue weighted by Gasteiger charge is -2.42. The first kappa shape index (κ1) is 21.6. The molecule has 1 saturated carbocycles. The van der Waals surface area contributed by atoms with E-state index in [0.717, 1.165) is 38.8 Å². The summed E-state index contributed by atoms with van der Waals surface area (Å²) in [5, 5.41) is 0. The zero-order chi connectivity index (χ0) is 19.4. The van der Waals surface area contributed by atoms with Gasteiger partial charge in [0, 0.05) is 13.1 Å². The van der Waals surface area contributed by atoms with Crippen LogP contribution in [-0.4, -0.2) is 61.0 Å². The highest BCUT2D eigenvalue weighted by Crippen LogP contribution is 2.32. The molecule has 2 fully saturated rings. The number of hydrogen-bond acceptors (Lipinski definition) is 4. The van der Waals surface area contributed by atoms with E-state index in [2.05, 4.69) is 41.5 Å². The summed E-state index contributed by atoms with van der Waals surface area (Å²) < 4.78 is 17.8. The lowest BCUT2D eigenvalue weighted by Crippen LogP contribution is -2.46. The van der Waals surface area contributed by atoms with Gasteiger partial charge in [-0.05, 0) is 51.9 Å². The lowest BCUT2D eigenvalue weighted by molar-refractivity contribution is -0.168. The molecule has 0 spiro atoms. The number of amides is 1. The van der Waals surface area contributed by atoms with Gasteiger partial charge in [-0.3, -0.25) is 4.79 Å². The van der Waals surface area contributed by atoms with Gasteiger partial charge in [0.25, 0.3) is 0 Å². The summed E-state index contributed by atoms with van der Waals surface area (Å²) >= 11 is 0. The molecule has 0 atom stereocenters. The van der Waals surface area contributed by atoms with Gasteiger partial charge in [-0.1, -0.05) is 20.8 Å². The van der Waals surface area contributed by atoms with E-state index in [0.29, 0.717) is 31.8 Å². The number of carbonyl (C=O) groups is 1. The van der Waals surface area contributed by atoms with Gasteiger partial charge in [0.2, 0.25) is 5.91 Å². The van der Waals surface area contributed by atoms with Crippen molar-refractivity contribution in [2.45, 2.75) is 97.6 Å². The first-order valence-corrected chi connectivity index (χ1v) is 10.2. The van der Waals surface area contributed by atoms with Gasteiger partial charge in [-0.15, -0.1) is 0 Å². The summed E-state index contributed by atoms with van der Waals surface area (Å²) in [5.41, 5.74) is 0.0785. The molecule has 5 nitrogen and oxygen atoms in total. The van der Waals surface area contributed by atoms with E-state index in [9.17, 15) is 4.79 Å². The molecule has 1 saturated heterocycles. The molecule has 26 heavy (non-hydrogen) atoms. The van der Waals surface area contributed by atoms with E-state index < -0.39 is 0 Å². The van der Waals surface area contributed by atoms with Gasteiger partial charge in [0.1, 0.15) is 0 Å². The largest absolute Gasteiger partial charge is 0.380 e. The maximum atomic E-state index is 12.3. The molecule has 0 N–H and O–H groups in total. The standard InChI is InChI=1S/C21H39NO4/c1-20(2,3)15-24-12-9-19(23)22-10-7-16(8-11-22)25-17-13-18(14-17)26-21(4,5)6/h16-18H,7-15H2,1-6H3. The van der Waals surface area contributed by atoms with Gasteiger partial charge < -0.3 is 19.1 Å². The molecule has 1 aliphatic heterocycles. The fourth-order valence-corrected chi connectivity index (χ4v) is 3.43. The molecular weight excluding hydrogens is 330 g/mol. The number of carbonyl (C=O) groups excluding carboxylic acids is 1. The molecular formula is C21H39NO4. The van der Waals surface area contributed by atoms with Crippen LogP contribution in [0, 0.1) is 5.41 Å². The minimum Gasteiger partial charge on any atom is -0.380 e. The Morgan fingerprint density at radius 2 is 1.58 bits per heavy atom. The summed E-state index contributed by atoms with van der Waals surface area (Å²) in [6.45, 7) is 15.5. The van der Waals surface area contributed by atoms with Crippen LogP contribution in [0.4, 0.5) is 0 Å². The Morgan fingerprint density at radius 1 is 0.962 bits per heavy atom. The average molecular weight is 370 g/mol. The molecule has 5 heteroatoms. The second-order valence-electron chi connectivity index (χ2n) is 10.0. The van der Waals surface area contributed by atoms with E-state index in [-0.39, 0.29) is 23.0 Å². The first-order chi connectivity index (χ1) is 12.0. The van der Waals surface area contributed by atoms with Gasteiger partial charge in [0.15, 0.2) is 0 Å². The van der Waals surface area contributed by atoms with Crippen LogP contribution in [0.3, 0.4) is 0 Å². The quantitative estimate of drug-likeness (QED) is 0.641. The normalized spacial score (nSPS) is 25.2. The van der Waals surface area contributed by atoms with Gasteiger partial charge in [0.05, 0.1) is 43.5 Å². The highest BCUT2D eigenvalue weighted by molar-refractivity contribution is 5.76. The van der Waals surface area contributed by atoms with Crippen LogP contribution >= 0.6 is 0 Å². The van der Waals surface area contributed by atoms with Gasteiger partial charge >= 0.3 is 0 Å². The van der Waals surface area contributed by atoms with Crippen molar-refractivity contribution in [1.82, 2.24) is 4.90 Å². The van der Waals surface area contributed by atoms with Crippen LogP contribution < -0.4 is 0 Å². The molecule has 2 rings (SSSR count). The Morgan fingerprint density at radius 3 is 2.12 bits per heavy atom. The van der Waals surface area contributed by atoms with Crippen molar-refractivity contribution < 1.29 is 19.0 Å². The number of nitrogens with zero attached hydrogens (tertiary/aromatic N) is 1. The molecule has 0 radical (unpaired) electrons. The minimum atomic E-state index is -0.0715. The van der Waals surface area contributed by atoms with Crippen molar-refractivity contribution in [3.8, 4) is 0 Å². The van der Waals surface area contributed by atoms with Crippen molar-refractivity contribution in [3.63, 3.8) is 0 Å². The van der Waals surface area contributed by atoms with Crippen LogP contribution in [0.15, 0.2) is 0 Å². The smallest absolute Gasteiger partial charge is 0.224 e. The van der Waals surface area contributed by atoms with E-state index in [1.54, 1.807) is 0 Å². The molecule has 0 aromatic heterocycles. The fourth-order valence-electron chi connectivity index (χ4n) is 3.43. The van der Waals surface area contributed by atoms with E-state index in [4.69, 9.17) is 14.2 Å². The number of ether oxygens (including phenoxy) is 3. The van der Waals surface area contributed by atoms with Crippen LogP contribution in [0.5, 0.6) is 0 Å². The molecule has 0 aromatic rings. The topological polar surface area (TPSA) is 48.0 Å². The maximum Gasteiger partial charge on any atom is 0.224 e. The third-order valence-corrected chi connectivity index (χ3v) is 4.75. The third-order valence-electron chi connectivity index (χ3n) is 4.75. The van der Waals surface area contributed by atoms with Crippen LogP contribution in [0.25, 0.3) is 0 Å². The second-order valence-corrected chi connectivity index (χ2v) is 10.0. The predicted molar refractivity (Wildman–Crippen MR) is 103 cm³/mol. The van der Waals surface area contributed by atoms with Crippen molar-refractivity contribution in [3.05, 3.63) is 0 Å². The summed E-state index contributed by atoms with van der Waals surface area (Å²) in [4.78, 5) is 14.2. The van der Waals surface area contributed by atoms with E-state index >= 15 is 0 Å². The Kier molecular flexibility index (Phi) is 7.52. The highest BCUT2D eigenvalue weighted by Gasteiger charge is 2.36.